The van der Waals surface area contributed by atoms with Crippen molar-refractivity contribution in [1.29, 1.82) is 0 Å². The van der Waals surface area contributed by atoms with Crippen molar-refractivity contribution >= 4 is 23.1 Å². The number of halogens is 1. The molecule has 0 radical (unpaired) electrons. The molecule has 2 aromatic carbocycles. The van der Waals surface area contributed by atoms with Crippen molar-refractivity contribution in [1.82, 2.24) is 0 Å². The number of rotatable bonds is 6. The maximum absolute atomic E-state index is 12.4. The number of carbonyl (C=O) groups is 1. The summed E-state index contributed by atoms with van der Waals surface area (Å²) in [6.45, 7) is 2.30. The highest BCUT2D eigenvalue weighted by molar-refractivity contribution is 6.30. The molecular formula is C16H16ClNO2. The first-order valence-electron chi connectivity index (χ1n) is 6.43. The Morgan fingerprint density at radius 3 is 2.40 bits per heavy atom. The van der Waals surface area contributed by atoms with Gasteiger partial charge in [-0.25, -0.2) is 0 Å². The highest BCUT2D eigenvalue weighted by Crippen LogP contribution is 2.16. The first-order chi connectivity index (χ1) is 9.70. The summed E-state index contributed by atoms with van der Waals surface area (Å²) in [5.74, 6) is -0.0950. The van der Waals surface area contributed by atoms with Crippen molar-refractivity contribution in [3.8, 4) is 0 Å². The van der Waals surface area contributed by atoms with Crippen LogP contribution in [0.3, 0.4) is 0 Å². The van der Waals surface area contributed by atoms with E-state index in [1.807, 2.05) is 37.3 Å². The molecule has 0 aromatic heterocycles. The van der Waals surface area contributed by atoms with Crippen LogP contribution >= 0.6 is 11.6 Å². The number of benzene rings is 2. The number of hydrogen-bond acceptors (Lipinski definition) is 3. The third kappa shape index (κ3) is 3.83. The zero-order chi connectivity index (χ0) is 14.4. The summed E-state index contributed by atoms with van der Waals surface area (Å²) in [6.07, 6.45) is -0.705. The van der Waals surface area contributed by atoms with Gasteiger partial charge in [0.2, 0.25) is 5.78 Å². The number of hydrogen-bond donors (Lipinski definition) is 1. The fourth-order valence-corrected chi connectivity index (χ4v) is 1.93. The van der Waals surface area contributed by atoms with Crippen LogP contribution in [0.5, 0.6) is 0 Å². The molecule has 1 atom stereocenters. The molecule has 0 saturated carbocycles. The van der Waals surface area contributed by atoms with Crippen molar-refractivity contribution in [3.63, 3.8) is 0 Å². The van der Waals surface area contributed by atoms with Crippen molar-refractivity contribution < 1.29 is 9.53 Å². The van der Waals surface area contributed by atoms with E-state index in [1.54, 1.807) is 24.3 Å². The summed E-state index contributed by atoms with van der Waals surface area (Å²) in [7, 11) is 0. The predicted molar refractivity (Wildman–Crippen MR) is 81.3 cm³/mol. The molecule has 0 amide bonds. The first kappa shape index (κ1) is 14.6. The molecule has 0 heterocycles. The Bertz CT molecular complexity index is 554. The average Bonchev–Trinajstić information content (AvgIpc) is 2.49. The SMILES string of the molecule is CCOC(Nc1ccc(Cl)cc1)C(=O)c1ccccc1. The lowest BCUT2D eigenvalue weighted by Gasteiger charge is -2.18. The van der Waals surface area contributed by atoms with Gasteiger partial charge in [-0.1, -0.05) is 41.9 Å². The van der Waals surface area contributed by atoms with Crippen LogP contribution in [0.25, 0.3) is 0 Å². The summed E-state index contributed by atoms with van der Waals surface area (Å²) in [5.41, 5.74) is 1.41. The Hall–Kier alpha value is -1.84. The molecule has 20 heavy (non-hydrogen) atoms. The molecule has 3 nitrogen and oxygen atoms in total. The zero-order valence-electron chi connectivity index (χ0n) is 11.2. The lowest BCUT2D eigenvalue weighted by atomic mass is 10.1. The van der Waals surface area contributed by atoms with Crippen LogP contribution in [0.1, 0.15) is 17.3 Å². The Kier molecular flexibility index (Phi) is 5.16. The van der Waals surface area contributed by atoms with E-state index in [9.17, 15) is 4.79 Å². The molecule has 0 saturated heterocycles. The average molecular weight is 290 g/mol. The van der Waals surface area contributed by atoms with E-state index in [0.29, 0.717) is 17.2 Å². The van der Waals surface area contributed by atoms with Gasteiger partial charge in [-0.3, -0.25) is 4.79 Å². The van der Waals surface area contributed by atoms with E-state index in [4.69, 9.17) is 16.3 Å². The molecule has 0 aliphatic carbocycles. The monoisotopic (exact) mass is 289 g/mol. The number of ether oxygens (including phenoxy) is 1. The summed E-state index contributed by atoms with van der Waals surface area (Å²) in [6, 6.07) is 16.2. The Morgan fingerprint density at radius 2 is 1.80 bits per heavy atom. The highest BCUT2D eigenvalue weighted by Gasteiger charge is 2.19. The maximum Gasteiger partial charge on any atom is 0.212 e. The smallest absolute Gasteiger partial charge is 0.212 e. The van der Waals surface area contributed by atoms with Crippen LogP contribution in [0.15, 0.2) is 54.6 Å². The van der Waals surface area contributed by atoms with Crippen LogP contribution in [0.4, 0.5) is 5.69 Å². The molecule has 0 aliphatic heterocycles. The maximum atomic E-state index is 12.4. The number of nitrogens with one attached hydrogen (secondary N) is 1. The molecule has 104 valence electrons. The van der Waals surface area contributed by atoms with Gasteiger partial charge in [-0.05, 0) is 31.2 Å². The van der Waals surface area contributed by atoms with E-state index in [0.717, 1.165) is 5.69 Å². The summed E-state index contributed by atoms with van der Waals surface area (Å²) in [5, 5.41) is 3.73. The normalized spacial score (nSPS) is 11.9. The van der Waals surface area contributed by atoms with Gasteiger partial charge in [-0.2, -0.15) is 0 Å². The minimum absolute atomic E-state index is 0.0950. The van der Waals surface area contributed by atoms with Crippen LogP contribution in [-0.2, 0) is 4.74 Å². The largest absolute Gasteiger partial charge is 0.354 e. The van der Waals surface area contributed by atoms with Gasteiger partial charge < -0.3 is 10.1 Å². The molecule has 0 aliphatic rings. The fourth-order valence-electron chi connectivity index (χ4n) is 1.80. The number of carbonyl (C=O) groups excluding carboxylic acids is 1. The zero-order valence-corrected chi connectivity index (χ0v) is 11.9. The van der Waals surface area contributed by atoms with Gasteiger partial charge in [0.05, 0.1) is 0 Å². The Labute approximate surface area is 123 Å². The topological polar surface area (TPSA) is 38.3 Å². The summed E-state index contributed by atoms with van der Waals surface area (Å²) in [4.78, 5) is 12.4. The minimum Gasteiger partial charge on any atom is -0.354 e. The molecule has 0 spiro atoms. The standard InChI is InChI=1S/C16H16ClNO2/c1-2-20-16(15(19)12-6-4-3-5-7-12)18-14-10-8-13(17)9-11-14/h3-11,16,18H,2H2,1H3. The number of ketones is 1. The van der Waals surface area contributed by atoms with Crippen molar-refractivity contribution in [2.45, 2.75) is 13.2 Å². The van der Waals surface area contributed by atoms with Gasteiger partial charge >= 0.3 is 0 Å². The van der Waals surface area contributed by atoms with E-state index < -0.39 is 6.23 Å². The third-order valence-corrected chi connectivity index (χ3v) is 3.02. The van der Waals surface area contributed by atoms with E-state index in [-0.39, 0.29) is 5.78 Å². The lowest BCUT2D eigenvalue weighted by molar-refractivity contribution is 0.0549. The van der Waals surface area contributed by atoms with Gasteiger partial charge in [0.1, 0.15) is 0 Å². The van der Waals surface area contributed by atoms with Gasteiger partial charge in [0, 0.05) is 22.9 Å². The van der Waals surface area contributed by atoms with E-state index in [1.165, 1.54) is 0 Å². The lowest BCUT2D eigenvalue weighted by Crippen LogP contribution is -2.32. The first-order valence-corrected chi connectivity index (χ1v) is 6.81. The summed E-state index contributed by atoms with van der Waals surface area (Å²) >= 11 is 5.84. The quantitative estimate of drug-likeness (QED) is 0.645. The predicted octanol–water partition coefficient (Wildman–Crippen LogP) is 4.00. The Morgan fingerprint density at radius 1 is 1.15 bits per heavy atom. The number of anilines is 1. The molecule has 2 aromatic rings. The second-order valence-electron chi connectivity index (χ2n) is 4.22. The van der Waals surface area contributed by atoms with Gasteiger partial charge in [-0.15, -0.1) is 0 Å². The van der Waals surface area contributed by atoms with Crippen LogP contribution in [0.2, 0.25) is 5.02 Å². The molecule has 4 heteroatoms. The van der Waals surface area contributed by atoms with Crippen LogP contribution in [-0.4, -0.2) is 18.6 Å². The second kappa shape index (κ2) is 7.08. The fraction of sp³-hybridized carbons (Fsp3) is 0.188. The highest BCUT2D eigenvalue weighted by atomic mass is 35.5. The molecular weight excluding hydrogens is 274 g/mol. The van der Waals surface area contributed by atoms with Crippen molar-refractivity contribution in [2.75, 3.05) is 11.9 Å². The molecule has 1 N–H and O–H groups in total. The molecule has 0 bridgehead atoms. The molecule has 2 rings (SSSR count). The Balaban J connectivity index is 2.14. The second-order valence-corrected chi connectivity index (χ2v) is 4.65. The van der Waals surface area contributed by atoms with Crippen molar-refractivity contribution in [3.05, 3.63) is 65.2 Å². The van der Waals surface area contributed by atoms with Crippen molar-refractivity contribution in [2.24, 2.45) is 0 Å². The van der Waals surface area contributed by atoms with Crippen LogP contribution in [0, 0.1) is 0 Å². The van der Waals surface area contributed by atoms with E-state index in [2.05, 4.69) is 5.32 Å². The minimum atomic E-state index is -0.705. The van der Waals surface area contributed by atoms with E-state index >= 15 is 0 Å². The summed E-state index contributed by atoms with van der Waals surface area (Å²) < 4.78 is 5.50. The molecule has 0 fully saturated rings. The molecule has 1 unspecified atom stereocenters. The third-order valence-electron chi connectivity index (χ3n) is 2.77. The van der Waals surface area contributed by atoms with Crippen LogP contribution < -0.4 is 5.32 Å². The van der Waals surface area contributed by atoms with Gasteiger partial charge in [0.25, 0.3) is 0 Å². The van der Waals surface area contributed by atoms with Gasteiger partial charge in [0.15, 0.2) is 6.23 Å². The number of Topliss-reactive ketones (excluding diaryl/α,β-unsaturated/α-hetero) is 1.